The molecule has 0 radical (unpaired) electrons. The third-order valence-corrected chi connectivity index (χ3v) is 3.89. The van der Waals surface area contributed by atoms with E-state index in [-0.39, 0.29) is 5.91 Å². The SMILES string of the molecule is CC/C(=C\C(=O)Nc1ccc2oc(=O)n(C)c2c1)c1ccccc1. The molecular formula is C19H18N2O3. The van der Waals surface area contributed by atoms with E-state index in [0.717, 1.165) is 17.6 Å². The van der Waals surface area contributed by atoms with Crippen LogP contribution in [-0.2, 0) is 11.8 Å². The minimum absolute atomic E-state index is 0.205. The van der Waals surface area contributed by atoms with Crippen LogP contribution in [0.15, 0.2) is 63.8 Å². The van der Waals surface area contributed by atoms with Crippen molar-refractivity contribution < 1.29 is 9.21 Å². The first-order valence-corrected chi connectivity index (χ1v) is 7.75. The highest BCUT2D eigenvalue weighted by Crippen LogP contribution is 2.20. The molecule has 0 saturated heterocycles. The molecule has 1 heterocycles. The maximum atomic E-state index is 12.3. The van der Waals surface area contributed by atoms with Crippen LogP contribution in [0.25, 0.3) is 16.7 Å². The lowest BCUT2D eigenvalue weighted by Crippen LogP contribution is -2.10. The highest BCUT2D eigenvalue weighted by Gasteiger charge is 2.08. The number of amides is 1. The van der Waals surface area contributed by atoms with Gasteiger partial charge in [0.15, 0.2) is 5.58 Å². The first-order chi connectivity index (χ1) is 11.6. The van der Waals surface area contributed by atoms with E-state index in [9.17, 15) is 9.59 Å². The second kappa shape index (κ2) is 6.58. The van der Waals surface area contributed by atoms with E-state index in [4.69, 9.17) is 4.42 Å². The summed E-state index contributed by atoms with van der Waals surface area (Å²) in [7, 11) is 1.63. The van der Waals surface area contributed by atoms with Gasteiger partial charge in [0.25, 0.3) is 0 Å². The van der Waals surface area contributed by atoms with Gasteiger partial charge in [-0.25, -0.2) is 4.79 Å². The van der Waals surface area contributed by atoms with Crippen LogP contribution >= 0.6 is 0 Å². The van der Waals surface area contributed by atoms with E-state index >= 15 is 0 Å². The maximum absolute atomic E-state index is 12.3. The third kappa shape index (κ3) is 3.15. The number of aryl methyl sites for hydroxylation is 1. The highest BCUT2D eigenvalue weighted by molar-refractivity contribution is 6.04. The number of aromatic nitrogens is 1. The second-order valence-corrected chi connectivity index (χ2v) is 5.49. The summed E-state index contributed by atoms with van der Waals surface area (Å²) in [6.45, 7) is 2.01. The fraction of sp³-hybridized carbons (Fsp3) is 0.158. The van der Waals surface area contributed by atoms with Gasteiger partial charge in [0.2, 0.25) is 5.91 Å². The minimum atomic E-state index is -0.425. The van der Waals surface area contributed by atoms with Gasteiger partial charge < -0.3 is 9.73 Å². The van der Waals surface area contributed by atoms with E-state index in [1.165, 1.54) is 4.57 Å². The largest absolute Gasteiger partial charge is 0.419 e. The van der Waals surface area contributed by atoms with Gasteiger partial charge in [-0.05, 0) is 35.8 Å². The highest BCUT2D eigenvalue weighted by atomic mass is 16.4. The summed E-state index contributed by atoms with van der Waals surface area (Å²) in [6.07, 6.45) is 2.36. The summed E-state index contributed by atoms with van der Waals surface area (Å²) in [5.41, 5.74) is 3.74. The summed E-state index contributed by atoms with van der Waals surface area (Å²) >= 11 is 0. The molecule has 24 heavy (non-hydrogen) atoms. The van der Waals surface area contributed by atoms with Gasteiger partial charge >= 0.3 is 5.76 Å². The molecule has 3 aromatic rings. The van der Waals surface area contributed by atoms with E-state index in [1.54, 1.807) is 31.3 Å². The Morgan fingerprint density at radius 1 is 1.21 bits per heavy atom. The van der Waals surface area contributed by atoms with Crippen LogP contribution in [0, 0.1) is 0 Å². The van der Waals surface area contributed by atoms with Crippen molar-refractivity contribution in [3.63, 3.8) is 0 Å². The van der Waals surface area contributed by atoms with Crippen molar-refractivity contribution in [2.24, 2.45) is 7.05 Å². The van der Waals surface area contributed by atoms with Crippen molar-refractivity contribution in [2.75, 3.05) is 5.32 Å². The monoisotopic (exact) mass is 322 g/mol. The molecule has 1 N–H and O–H groups in total. The fourth-order valence-electron chi connectivity index (χ4n) is 2.58. The van der Waals surface area contributed by atoms with E-state index < -0.39 is 5.76 Å². The first kappa shape index (κ1) is 15.8. The number of carbonyl (C=O) groups is 1. The summed E-state index contributed by atoms with van der Waals surface area (Å²) in [5.74, 6) is -0.630. The summed E-state index contributed by atoms with van der Waals surface area (Å²) in [5, 5.41) is 2.83. The number of anilines is 1. The predicted octanol–water partition coefficient (Wildman–Crippen LogP) is 3.56. The van der Waals surface area contributed by atoms with Crippen molar-refractivity contribution in [3.05, 3.63) is 70.7 Å². The Bertz CT molecular complexity index is 965. The molecule has 0 saturated carbocycles. The Morgan fingerprint density at radius 3 is 2.67 bits per heavy atom. The molecule has 0 fully saturated rings. The fourth-order valence-corrected chi connectivity index (χ4v) is 2.58. The molecule has 0 spiro atoms. The number of rotatable bonds is 4. The standard InChI is InChI=1S/C19H18N2O3/c1-3-13(14-7-5-4-6-8-14)11-18(22)20-15-9-10-17-16(12-15)21(2)19(23)24-17/h4-12H,3H2,1-2H3,(H,20,22)/b13-11+. The average Bonchev–Trinajstić information content (AvgIpc) is 2.88. The zero-order valence-electron chi connectivity index (χ0n) is 13.6. The number of carbonyl (C=O) groups excluding carboxylic acids is 1. The molecule has 0 aliphatic heterocycles. The molecule has 0 aliphatic rings. The number of allylic oxidation sites excluding steroid dienone is 1. The number of fused-ring (bicyclic) bond motifs is 1. The van der Waals surface area contributed by atoms with Crippen LogP contribution in [0.2, 0.25) is 0 Å². The molecule has 1 amide bonds. The quantitative estimate of drug-likeness (QED) is 0.747. The molecule has 0 bridgehead atoms. The normalized spacial score (nSPS) is 11.7. The lowest BCUT2D eigenvalue weighted by Gasteiger charge is -2.06. The van der Waals surface area contributed by atoms with Crippen LogP contribution in [0.3, 0.4) is 0 Å². The molecule has 0 aliphatic carbocycles. The Morgan fingerprint density at radius 2 is 1.96 bits per heavy atom. The minimum Gasteiger partial charge on any atom is -0.408 e. The maximum Gasteiger partial charge on any atom is 0.419 e. The van der Waals surface area contributed by atoms with Crippen LogP contribution in [0.1, 0.15) is 18.9 Å². The molecule has 122 valence electrons. The van der Waals surface area contributed by atoms with Crippen LogP contribution < -0.4 is 11.1 Å². The number of nitrogens with one attached hydrogen (secondary N) is 1. The molecule has 2 aromatic carbocycles. The second-order valence-electron chi connectivity index (χ2n) is 5.49. The first-order valence-electron chi connectivity index (χ1n) is 7.75. The lowest BCUT2D eigenvalue weighted by atomic mass is 10.0. The zero-order valence-corrected chi connectivity index (χ0v) is 13.6. The number of hydrogen-bond donors (Lipinski definition) is 1. The number of benzene rings is 2. The van der Waals surface area contributed by atoms with E-state index in [1.807, 2.05) is 37.3 Å². The molecule has 5 heteroatoms. The van der Waals surface area contributed by atoms with E-state index in [2.05, 4.69) is 5.32 Å². The Hall–Kier alpha value is -3.08. The van der Waals surface area contributed by atoms with Gasteiger partial charge in [-0.3, -0.25) is 9.36 Å². The van der Waals surface area contributed by atoms with Crippen molar-refractivity contribution in [3.8, 4) is 0 Å². The molecule has 1 aromatic heterocycles. The Balaban J connectivity index is 1.85. The topological polar surface area (TPSA) is 64.2 Å². The zero-order chi connectivity index (χ0) is 17.1. The van der Waals surface area contributed by atoms with Crippen molar-refractivity contribution >= 4 is 28.3 Å². The Kier molecular flexibility index (Phi) is 4.33. The number of oxazole rings is 1. The number of hydrogen-bond acceptors (Lipinski definition) is 3. The van der Waals surface area contributed by atoms with Crippen LogP contribution in [-0.4, -0.2) is 10.5 Å². The number of nitrogens with zero attached hydrogens (tertiary/aromatic N) is 1. The summed E-state index contributed by atoms with van der Waals surface area (Å²) < 4.78 is 6.49. The molecule has 0 atom stereocenters. The Labute approximate surface area is 139 Å². The summed E-state index contributed by atoms with van der Waals surface area (Å²) in [6, 6.07) is 14.9. The van der Waals surface area contributed by atoms with Crippen LogP contribution in [0.4, 0.5) is 5.69 Å². The predicted molar refractivity (Wildman–Crippen MR) is 94.8 cm³/mol. The van der Waals surface area contributed by atoms with Crippen LogP contribution in [0.5, 0.6) is 0 Å². The molecule has 0 unspecified atom stereocenters. The summed E-state index contributed by atoms with van der Waals surface area (Å²) in [4.78, 5) is 23.8. The van der Waals surface area contributed by atoms with Gasteiger partial charge in [-0.2, -0.15) is 0 Å². The van der Waals surface area contributed by atoms with Gasteiger partial charge in [0.05, 0.1) is 5.52 Å². The van der Waals surface area contributed by atoms with E-state index in [0.29, 0.717) is 16.8 Å². The van der Waals surface area contributed by atoms with Gasteiger partial charge in [0.1, 0.15) is 0 Å². The smallest absolute Gasteiger partial charge is 0.408 e. The van der Waals surface area contributed by atoms with Gasteiger partial charge in [0, 0.05) is 18.8 Å². The van der Waals surface area contributed by atoms with Gasteiger partial charge in [-0.1, -0.05) is 37.3 Å². The van der Waals surface area contributed by atoms with Crippen molar-refractivity contribution in [2.45, 2.75) is 13.3 Å². The average molecular weight is 322 g/mol. The van der Waals surface area contributed by atoms with Crippen molar-refractivity contribution in [1.29, 1.82) is 0 Å². The lowest BCUT2D eigenvalue weighted by molar-refractivity contribution is -0.111. The van der Waals surface area contributed by atoms with Crippen molar-refractivity contribution in [1.82, 2.24) is 4.57 Å². The third-order valence-electron chi connectivity index (χ3n) is 3.89. The molecular weight excluding hydrogens is 304 g/mol. The molecule has 5 nitrogen and oxygen atoms in total. The van der Waals surface area contributed by atoms with Gasteiger partial charge in [-0.15, -0.1) is 0 Å². The molecule has 3 rings (SSSR count).